The first-order valence-electron chi connectivity index (χ1n) is 5.97. The minimum atomic E-state index is 0.630. The summed E-state index contributed by atoms with van der Waals surface area (Å²) in [5.41, 5.74) is 3.01. The van der Waals surface area contributed by atoms with E-state index >= 15 is 0 Å². The third-order valence-electron chi connectivity index (χ3n) is 2.55. The smallest absolute Gasteiger partial charge is 0.210 e. The molecule has 9 heteroatoms. The van der Waals surface area contributed by atoms with Gasteiger partial charge in [-0.05, 0) is 19.1 Å². The van der Waals surface area contributed by atoms with Crippen LogP contribution in [-0.2, 0) is 5.75 Å². The van der Waals surface area contributed by atoms with Gasteiger partial charge in [-0.3, -0.25) is 0 Å². The molecule has 108 valence electrons. The number of anilines is 2. The maximum absolute atomic E-state index is 5.97. The summed E-state index contributed by atoms with van der Waals surface area (Å²) in [5.74, 6) is 0.647. The van der Waals surface area contributed by atoms with Gasteiger partial charge in [0.1, 0.15) is 10.0 Å². The van der Waals surface area contributed by atoms with Crippen LogP contribution in [0.25, 0.3) is 0 Å². The van der Waals surface area contributed by atoms with Gasteiger partial charge >= 0.3 is 0 Å². The summed E-state index contributed by atoms with van der Waals surface area (Å²) in [6, 6.07) is 8.14. The molecule has 21 heavy (non-hydrogen) atoms. The Bertz CT molecular complexity index is 725. The van der Waals surface area contributed by atoms with E-state index < -0.39 is 0 Å². The van der Waals surface area contributed by atoms with Gasteiger partial charge in [0.2, 0.25) is 5.13 Å². The van der Waals surface area contributed by atoms with E-state index in [0.717, 1.165) is 20.9 Å². The third kappa shape index (κ3) is 3.91. The monoisotopic (exact) mass is 355 g/mol. The van der Waals surface area contributed by atoms with E-state index in [1.54, 1.807) is 11.8 Å². The Morgan fingerprint density at radius 3 is 2.71 bits per heavy atom. The number of nitrogens with zero attached hydrogens (tertiary/aromatic N) is 4. The van der Waals surface area contributed by atoms with Crippen molar-refractivity contribution >= 4 is 57.1 Å². The number of aromatic nitrogens is 4. The second kappa shape index (κ2) is 6.69. The van der Waals surface area contributed by atoms with Crippen molar-refractivity contribution in [2.24, 2.45) is 0 Å². The summed E-state index contributed by atoms with van der Waals surface area (Å²) in [5, 5.41) is 16.2. The van der Waals surface area contributed by atoms with Gasteiger partial charge in [0.05, 0.1) is 0 Å². The highest BCUT2D eigenvalue weighted by Crippen LogP contribution is 2.31. The normalized spacial score (nSPS) is 10.8. The van der Waals surface area contributed by atoms with Gasteiger partial charge in [-0.25, -0.2) is 0 Å². The van der Waals surface area contributed by atoms with Crippen molar-refractivity contribution in [3.05, 3.63) is 39.9 Å². The van der Waals surface area contributed by atoms with Crippen LogP contribution in [0.3, 0.4) is 0 Å². The molecule has 0 spiro atoms. The topological polar surface area (TPSA) is 63.6 Å². The standard InChI is InChI=1S/C12H10ClN5S3/c1-7-2-4-8(5-3-7)14-11-16-17-12(20-11)19-6-9-10(13)21-18-15-9/h2-5H,6H2,1H3,(H,14,16). The molecule has 0 unspecified atom stereocenters. The molecule has 0 aliphatic heterocycles. The van der Waals surface area contributed by atoms with Gasteiger partial charge in [0, 0.05) is 23.0 Å². The first-order chi connectivity index (χ1) is 10.2. The van der Waals surface area contributed by atoms with Gasteiger partial charge in [-0.2, -0.15) is 0 Å². The molecule has 1 aromatic carbocycles. The van der Waals surface area contributed by atoms with Gasteiger partial charge in [0.25, 0.3) is 0 Å². The highest BCUT2D eigenvalue weighted by molar-refractivity contribution is 8.00. The van der Waals surface area contributed by atoms with Crippen LogP contribution < -0.4 is 5.32 Å². The van der Waals surface area contributed by atoms with Crippen LogP contribution in [0.5, 0.6) is 0 Å². The first-order valence-corrected chi connectivity index (χ1v) is 8.93. The Morgan fingerprint density at radius 1 is 1.19 bits per heavy atom. The molecule has 0 fully saturated rings. The van der Waals surface area contributed by atoms with Crippen LogP contribution in [0.15, 0.2) is 28.6 Å². The molecule has 0 saturated heterocycles. The Morgan fingerprint density at radius 2 is 2.00 bits per heavy atom. The lowest BCUT2D eigenvalue weighted by atomic mass is 10.2. The Hall–Kier alpha value is -1.22. The van der Waals surface area contributed by atoms with Crippen LogP contribution in [0.1, 0.15) is 11.3 Å². The van der Waals surface area contributed by atoms with E-state index in [0.29, 0.717) is 10.1 Å². The zero-order chi connectivity index (χ0) is 14.7. The SMILES string of the molecule is Cc1ccc(Nc2nnc(SCc3nnsc3Cl)s2)cc1. The lowest BCUT2D eigenvalue weighted by Crippen LogP contribution is -1.88. The Labute approximate surface area is 138 Å². The van der Waals surface area contributed by atoms with Crippen LogP contribution >= 0.6 is 46.2 Å². The van der Waals surface area contributed by atoms with Crippen LogP contribution in [0.4, 0.5) is 10.8 Å². The number of thioether (sulfide) groups is 1. The van der Waals surface area contributed by atoms with Gasteiger partial charge in [0.15, 0.2) is 4.34 Å². The lowest BCUT2D eigenvalue weighted by Gasteiger charge is -2.01. The maximum Gasteiger partial charge on any atom is 0.210 e. The zero-order valence-electron chi connectivity index (χ0n) is 10.9. The van der Waals surface area contributed by atoms with E-state index in [9.17, 15) is 0 Å². The van der Waals surface area contributed by atoms with Crippen molar-refractivity contribution < 1.29 is 0 Å². The summed E-state index contributed by atoms with van der Waals surface area (Å²) in [4.78, 5) is 0. The molecule has 0 aliphatic rings. The second-order valence-electron chi connectivity index (χ2n) is 4.15. The summed E-state index contributed by atoms with van der Waals surface area (Å²) in [7, 11) is 0. The van der Waals surface area contributed by atoms with Gasteiger partial charge < -0.3 is 5.32 Å². The predicted octanol–water partition coefficient (Wildman–Crippen LogP) is 4.39. The largest absolute Gasteiger partial charge is 0.330 e. The molecule has 0 bridgehead atoms. The van der Waals surface area contributed by atoms with Crippen molar-refractivity contribution in [1.29, 1.82) is 0 Å². The van der Waals surface area contributed by atoms with E-state index in [2.05, 4.69) is 44.2 Å². The van der Waals surface area contributed by atoms with Crippen molar-refractivity contribution in [3.8, 4) is 0 Å². The number of nitrogens with one attached hydrogen (secondary N) is 1. The quantitative estimate of drug-likeness (QED) is 0.685. The minimum absolute atomic E-state index is 0.630. The molecule has 1 N–H and O–H groups in total. The number of aryl methyl sites for hydroxylation is 1. The molecule has 3 aromatic rings. The number of hydrogen-bond donors (Lipinski definition) is 1. The summed E-state index contributed by atoms with van der Waals surface area (Å²) >= 11 is 10.2. The van der Waals surface area contributed by atoms with Gasteiger partial charge in [-0.1, -0.05) is 56.9 Å². The van der Waals surface area contributed by atoms with Crippen LogP contribution in [0, 0.1) is 6.92 Å². The molecule has 3 rings (SSSR count). The fourth-order valence-corrected chi connectivity index (χ4v) is 4.00. The predicted molar refractivity (Wildman–Crippen MR) is 88.9 cm³/mol. The van der Waals surface area contributed by atoms with Crippen LogP contribution in [0.2, 0.25) is 4.34 Å². The highest BCUT2D eigenvalue weighted by atomic mass is 35.5. The molecule has 5 nitrogen and oxygen atoms in total. The summed E-state index contributed by atoms with van der Waals surface area (Å²) in [6.07, 6.45) is 0. The first kappa shape index (κ1) is 14.7. The fourth-order valence-electron chi connectivity index (χ4n) is 1.49. The van der Waals surface area contributed by atoms with E-state index in [-0.39, 0.29) is 0 Å². The minimum Gasteiger partial charge on any atom is -0.330 e. The number of benzene rings is 1. The van der Waals surface area contributed by atoms with Crippen molar-refractivity contribution in [2.45, 2.75) is 17.0 Å². The number of hydrogen-bond acceptors (Lipinski definition) is 8. The molecule has 2 aromatic heterocycles. The third-order valence-corrected chi connectivity index (χ3v) is 5.52. The molecule has 0 radical (unpaired) electrons. The summed E-state index contributed by atoms with van der Waals surface area (Å²) < 4.78 is 5.30. The highest BCUT2D eigenvalue weighted by Gasteiger charge is 2.09. The molecular formula is C12H10ClN5S3. The lowest BCUT2D eigenvalue weighted by molar-refractivity contribution is 1.01. The van der Waals surface area contributed by atoms with E-state index in [4.69, 9.17) is 11.6 Å². The molecule has 0 amide bonds. The maximum atomic E-state index is 5.97. The van der Waals surface area contributed by atoms with Crippen molar-refractivity contribution in [1.82, 2.24) is 19.8 Å². The Kier molecular flexibility index (Phi) is 4.69. The molecule has 0 atom stereocenters. The fraction of sp³-hybridized carbons (Fsp3) is 0.167. The van der Waals surface area contributed by atoms with Crippen molar-refractivity contribution in [3.63, 3.8) is 0 Å². The van der Waals surface area contributed by atoms with Gasteiger partial charge in [-0.15, -0.1) is 15.3 Å². The number of halogens is 1. The molecule has 0 aliphatic carbocycles. The zero-order valence-corrected chi connectivity index (χ0v) is 14.1. The summed E-state index contributed by atoms with van der Waals surface area (Å²) in [6.45, 7) is 2.06. The molecule has 2 heterocycles. The van der Waals surface area contributed by atoms with E-state index in [1.165, 1.54) is 28.4 Å². The molecular weight excluding hydrogens is 346 g/mol. The second-order valence-corrected chi connectivity index (χ2v) is 7.70. The Balaban J connectivity index is 1.61. The molecule has 0 saturated carbocycles. The van der Waals surface area contributed by atoms with E-state index in [1.807, 2.05) is 12.1 Å². The van der Waals surface area contributed by atoms with Crippen molar-refractivity contribution in [2.75, 3.05) is 5.32 Å². The number of rotatable bonds is 5. The average molecular weight is 356 g/mol. The average Bonchev–Trinajstić information content (AvgIpc) is 3.08. The van der Waals surface area contributed by atoms with Crippen LogP contribution in [-0.4, -0.2) is 19.8 Å².